The highest BCUT2D eigenvalue weighted by atomic mass is 35.5. The van der Waals surface area contributed by atoms with E-state index in [-0.39, 0.29) is 24.4 Å². The highest BCUT2D eigenvalue weighted by Gasteiger charge is 2.23. The third-order valence-corrected chi connectivity index (χ3v) is 3.71. The standard InChI is InChI=1S/C15H22N2O2.ClH/c1-11-7-8-16-9-14(11)17-15(18)13-6-4-3-5-12(13)10-19-2;/h3-6,11,14,16H,7-10H2,1-2H3,(H,17,18);1H. The molecule has 1 saturated heterocycles. The Hall–Kier alpha value is -1.10. The van der Waals surface area contributed by atoms with E-state index >= 15 is 0 Å². The molecule has 5 heteroatoms. The molecule has 0 spiro atoms. The van der Waals surface area contributed by atoms with Crippen molar-refractivity contribution in [2.24, 2.45) is 5.92 Å². The van der Waals surface area contributed by atoms with Crippen LogP contribution in [0.15, 0.2) is 24.3 Å². The summed E-state index contributed by atoms with van der Waals surface area (Å²) in [5.41, 5.74) is 1.64. The highest BCUT2D eigenvalue weighted by molar-refractivity contribution is 5.95. The van der Waals surface area contributed by atoms with E-state index in [9.17, 15) is 4.79 Å². The van der Waals surface area contributed by atoms with E-state index in [2.05, 4.69) is 17.6 Å². The minimum absolute atomic E-state index is 0. The number of hydrogen-bond acceptors (Lipinski definition) is 3. The lowest BCUT2D eigenvalue weighted by molar-refractivity contribution is 0.0910. The molecular formula is C15H23ClN2O2. The summed E-state index contributed by atoms with van der Waals surface area (Å²) >= 11 is 0. The smallest absolute Gasteiger partial charge is 0.251 e. The van der Waals surface area contributed by atoms with Crippen LogP contribution in [0.2, 0.25) is 0 Å². The van der Waals surface area contributed by atoms with E-state index < -0.39 is 0 Å². The molecule has 1 aromatic rings. The van der Waals surface area contributed by atoms with Gasteiger partial charge in [-0.3, -0.25) is 4.79 Å². The van der Waals surface area contributed by atoms with E-state index in [1.54, 1.807) is 7.11 Å². The van der Waals surface area contributed by atoms with Crippen LogP contribution in [0, 0.1) is 5.92 Å². The van der Waals surface area contributed by atoms with Crippen molar-refractivity contribution in [1.29, 1.82) is 0 Å². The number of amides is 1. The maximum absolute atomic E-state index is 12.4. The van der Waals surface area contributed by atoms with Crippen molar-refractivity contribution in [3.8, 4) is 0 Å². The van der Waals surface area contributed by atoms with Crippen molar-refractivity contribution < 1.29 is 9.53 Å². The van der Waals surface area contributed by atoms with E-state index in [1.165, 1.54) is 0 Å². The molecule has 0 radical (unpaired) electrons. The summed E-state index contributed by atoms with van der Waals surface area (Å²) in [6.07, 6.45) is 1.10. The first-order chi connectivity index (χ1) is 9.22. The Kier molecular flexibility index (Phi) is 6.99. The van der Waals surface area contributed by atoms with Crippen molar-refractivity contribution in [2.45, 2.75) is 26.0 Å². The predicted octanol–water partition coefficient (Wildman–Crippen LogP) is 1.98. The van der Waals surface area contributed by atoms with Crippen molar-refractivity contribution in [2.75, 3.05) is 20.2 Å². The fourth-order valence-electron chi connectivity index (χ4n) is 2.45. The zero-order chi connectivity index (χ0) is 13.7. The van der Waals surface area contributed by atoms with Crippen LogP contribution >= 0.6 is 12.4 Å². The first kappa shape index (κ1) is 17.0. The number of benzene rings is 1. The number of piperidine rings is 1. The Morgan fingerprint density at radius 2 is 2.20 bits per heavy atom. The van der Waals surface area contributed by atoms with Gasteiger partial charge in [-0.2, -0.15) is 0 Å². The van der Waals surface area contributed by atoms with Crippen LogP contribution in [-0.2, 0) is 11.3 Å². The second kappa shape index (κ2) is 8.25. The van der Waals surface area contributed by atoms with Gasteiger partial charge in [0.25, 0.3) is 5.91 Å². The van der Waals surface area contributed by atoms with E-state index in [4.69, 9.17) is 4.74 Å². The van der Waals surface area contributed by atoms with Crippen LogP contribution in [0.4, 0.5) is 0 Å². The van der Waals surface area contributed by atoms with Gasteiger partial charge in [-0.1, -0.05) is 25.1 Å². The van der Waals surface area contributed by atoms with Gasteiger partial charge in [0.15, 0.2) is 0 Å². The Labute approximate surface area is 126 Å². The summed E-state index contributed by atoms with van der Waals surface area (Å²) in [6.45, 7) is 4.53. The number of carbonyl (C=O) groups is 1. The topological polar surface area (TPSA) is 50.4 Å². The monoisotopic (exact) mass is 298 g/mol. The number of methoxy groups -OCH3 is 1. The Balaban J connectivity index is 0.00000200. The lowest BCUT2D eigenvalue weighted by Crippen LogP contribution is -2.50. The summed E-state index contributed by atoms with van der Waals surface area (Å²) in [5, 5.41) is 6.45. The predicted molar refractivity (Wildman–Crippen MR) is 82.3 cm³/mol. The van der Waals surface area contributed by atoms with Gasteiger partial charge < -0.3 is 15.4 Å². The normalized spacial score (nSPS) is 21.9. The average molecular weight is 299 g/mol. The molecule has 0 saturated carbocycles. The Morgan fingerprint density at radius 1 is 1.45 bits per heavy atom. The molecule has 0 aromatic heterocycles. The van der Waals surface area contributed by atoms with E-state index in [0.717, 1.165) is 25.1 Å². The molecule has 1 heterocycles. The summed E-state index contributed by atoms with van der Waals surface area (Å²) in [5.74, 6) is 0.507. The number of rotatable bonds is 4. The lowest BCUT2D eigenvalue weighted by atomic mass is 9.94. The molecule has 4 nitrogen and oxygen atoms in total. The van der Waals surface area contributed by atoms with Crippen LogP contribution in [0.5, 0.6) is 0 Å². The summed E-state index contributed by atoms with van der Waals surface area (Å²) < 4.78 is 5.14. The molecule has 2 N–H and O–H groups in total. The second-order valence-electron chi connectivity index (χ2n) is 5.14. The first-order valence-corrected chi connectivity index (χ1v) is 6.80. The van der Waals surface area contributed by atoms with Gasteiger partial charge in [-0.25, -0.2) is 0 Å². The minimum atomic E-state index is -0.00630. The molecule has 2 unspecified atom stereocenters. The zero-order valence-electron chi connectivity index (χ0n) is 12.0. The maximum atomic E-state index is 12.4. The molecular weight excluding hydrogens is 276 g/mol. The van der Waals surface area contributed by atoms with Crippen molar-refractivity contribution in [3.05, 3.63) is 35.4 Å². The van der Waals surface area contributed by atoms with Gasteiger partial charge in [0.1, 0.15) is 0 Å². The molecule has 1 aromatic carbocycles. The number of carbonyl (C=O) groups excluding carboxylic acids is 1. The molecule has 1 aliphatic heterocycles. The third-order valence-electron chi connectivity index (χ3n) is 3.71. The Morgan fingerprint density at radius 3 is 2.90 bits per heavy atom. The average Bonchev–Trinajstić information content (AvgIpc) is 2.42. The number of ether oxygens (including phenoxy) is 1. The largest absolute Gasteiger partial charge is 0.380 e. The van der Waals surface area contributed by atoms with Crippen molar-refractivity contribution in [3.63, 3.8) is 0 Å². The van der Waals surface area contributed by atoms with Gasteiger partial charge in [0.05, 0.1) is 6.61 Å². The minimum Gasteiger partial charge on any atom is -0.380 e. The molecule has 0 bridgehead atoms. The van der Waals surface area contributed by atoms with Gasteiger partial charge in [-0.15, -0.1) is 12.4 Å². The van der Waals surface area contributed by atoms with Gasteiger partial charge >= 0.3 is 0 Å². The lowest BCUT2D eigenvalue weighted by Gasteiger charge is -2.30. The van der Waals surface area contributed by atoms with E-state index in [1.807, 2.05) is 24.3 Å². The van der Waals surface area contributed by atoms with Crippen LogP contribution < -0.4 is 10.6 Å². The molecule has 2 rings (SSSR count). The first-order valence-electron chi connectivity index (χ1n) is 6.80. The van der Waals surface area contributed by atoms with Gasteiger partial charge in [-0.05, 0) is 30.5 Å². The van der Waals surface area contributed by atoms with Crippen molar-refractivity contribution in [1.82, 2.24) is 10.6 Å². The quantitative estimate of drug-likeness (QED) is 0.894. The fraction of sp³-hybridized carbons (Fsp3) is 0.533. The van der Waals surface area contributed by atoms with Crippen LogP contribution in [-0.4, -0.2) is 32.1 Å². The molecule has 1 fully saturated rings. The van der Waals surface area contributed by atoms with Crippen LogP contribution in [0.25, 0.3) is 0 Å². The third kappa shape index (κ3) is 4.20. The van der Waals surface area contributed by atoms with Crippen molar-refractivity contribution >= 4 is 18.3 Å². The molecule has 1 amide bonds. The molecule has 1 aliphatic rings. The van der Waals surface area contributed by atoms with Gasteiger partial charge in [0, 0.05) is 25.3 Å². The number of hydrogen-bond donors (Lipinski definition) is 2. The van der Waals surface area contributed by atoms with E-state index in [0.29, 0.717) is 18.1 Å². The molecule has 0 aliphatic carbocycles. The molecule has 20 heavy (non-hydrogen) atoms. The summed E-state index contributed by atoms with van der Waals surface area (Å²) in [6, 6.07) is 7.80. The van der Waals surface area contributed by atoms with Crippen LogP contribution in [0.3, 0.4) is 0 Å². The number of nitrogens with one attached hydrogen (secondary N) is 2. The fourth-order valence-corrected chi connectivity index (χ4v) is 2.45. The van der Waals surface area contributed by atoms with Gasteiger partial charge in [0.2, 0.25) is 0 Å². The highest BCUT2D eigenvalue weighted by Crippen LogP contribution is 2.14. The molecule has 112 valence electrons. The SMILES string of the molecule is COCc1ccccc1C(=O)NC1CNCCC1C.Cl. The zero-order valence-corrected chi connectivity index (χ0v) is 12.8. The number of halogens is 1. The van der Waals surface area contributed by atoms with Crippen LogP contribution in [0.1, 0.15) is 29.3 Å². The Bertz CT molecular complexity index is 440. The summed E-state index contributed by atoms with van der Waals surface area (Å²) in [4.78, 5) is 12.4. The molecule has 2 atom stereocenters. The summed E-state index contributed by atoms with van der Waals surface area (Å²) in [7, 11) is 1.64. The maximum Gasteiger partial charge on any atom is 0.251 e. The second-order valence-corrected chi connectivity index (χ2v) is 5.14.